The molecule has 1 heterocycles. The summed E-state index contributed by atoms with van der Waals surface area (Å²) in [6.45, 7) is 3.71. The number of rotatable bonds is 3. The summed E-state index contributed by atoms with van der Waals surface area (Å²) >= 11 is 0. The van der Waals surface area contributed by atoms with Crippen LogP contribution in [0.15, 0.2) is 24.3 Å². The lowest BCUT2D eigenvalue weighted by atomic mass is 10.1. The molecule has 17 heavy (non-hydrogen) atoms. The second kappa shape index (κ2) is 4.65. The fourth-order valence-electron chi connectivity index (χ4n) is 2.38. The van der Waals surface area contributed by atoms with Gasteiger partial charge in [-0.25, -0.2) is 0 Å². The maximum atomic E-state index is 12.0. The van der Waals surface area contributed by atoms with E-state index in [1.165, 1.54) is 0 Å². The molecule has 92 valence electrons. The Morgan fingerprint density at radius 1 is 1.53 bits per heavy atom. The van der Waals surface area contributed by atoms with Gasteiger partial charge >= 0.3 is 0 Å². The van der Waals surface area contributed by atoms with Gasteiger partial charge in [0.1, 0.15) is 6.04 Å². The standard InChI is InChI=1S/C13H19N3O/c1-3-16(11-6-4-5-10(14)9-11)12-7-8-15(2)13(12)17/h4-6,9,12H,3,7-8,14H2,1-2H3. The van der Waals surface area contributed by atoms with Gasteiger partial charge in [-0.15, -0.1) is 0 Å². The quantitative estimate of drug-likeness (QED) is 0.801. The third-order valence-electron chi connectivity index (χ3n) is 3.32. The number of hydrogen-bond acceptors (Lipinski definition) is 3. The van der Waals surface area contributed by atoms with Crippen molar-refractivity contribution in [2.45, 2.75) is 19.4 Å². The zero-order valence-electron chi connectivity index (χ0n) is 10.4. The average Bonchev–Trinajstić information content (AvgIpc) is 2.63. The van der Waals surface area contributed by atoms with E-state index in [4.69, 9.17) is 5.73 Å². The number of hydrogen-bond donors (Lipinski definition) is 1. The SMILES string of the molecule is CCN(c1cccc(N)c1)C1CCN(C)C1=O. The molecule has 0 saturated carbocycles. The zero-order valence-corrected chi connectivity index (χ0v) is 10.4. The van der Waals surface area contributed by atoms with E-state index in [-0.39, 0.29) is 11.9 Å². The van der Waals surface area contributed by atoms with Gasteiger partial charge in [-0.05, 0) is 31.5 Å². The molecule has 1 unspecified atom stereocenters. The summed E-state index contributed by atoms with van der Waals surface area (Å²) in [5, 5.41) is 0. The van der Waals surface area contributed by atoms with E-state index >= 15 is 0 Å². The average molecular weight is 233 g/mol. The Morgan fingerprint density at radius 3 is 2.82 bits per heavy atom. The molecule has 1 saturated heterocycles. The van der Waals surface area contributed by atoms with Crippen LogP contribution in [0.5, 0.6) is 0 Å². The Labute approximate surface area is 102 Å². The molecular formula is C13H19N3O. The minimum atomic E-state index is -0.0354. The van der Waals surface area contributed by atoms with Crippen molar-refractivity contribution < 1.29 is 4.79 Å². The first-order valence-corrected chi connectivity index (χ1v) is 6.00. The molecule has 0 aromatic heterocycles. The summed E-state index contributed by atoms with van der Waals surface area (Å²) in [7, 11) is 1.86. The number of anilines is 2. The molecule has 2 rings (SSSR count). The third-order valence-corrected chi connectivity index (χ3v) is 3.32. The zero-order chi connectivity index (χ0) is 12.4. The molecule has 2 N–H and O–H groups in total. The lowest BCUT2D eigenvalue weighted by Crippen LogP contribution is -2.41. The van der Waals surface area contributed by atoms with Crippen LogP contribution in [-0.2, 0) is 4.79 Å². The largest absolute Gasteiger partial charge is 0.399 e. The third kappa shape index (κ3) is 2.20. The van der Waals surface area contributed by atoms with Gasteiger partial charge in [-0.2, -0.15) is 0 Å². The molecule has 1 aromatic rings. The number of likely N-dealkylation sites (N-methyl/N-ethyl adjacent to an activating group) is 2. The topological polar surface area (TPSA) is 49.6 Å². The monoisotopic (exact) mass is 233 g/mol. The molecule has 1 aliphatic heterocycles. The molecule has 1 aliphatic rings. The maximum Gasteiger partial charge on any atom is 0.245 e. The number of benzene rings is 1. The Balaban J connectivity index is 2.25. The summed E-state index contributed by atoms with van der Waals surface area (Å²) in [5.41, 5.74) is 7.55. The summed E-state index contributed by atoms with van der Waals surface area (Å²) < 4.78 is 0. The summed E-state index contributed by atoms with van der Waals surface area (Å²) in [4.78, 5) is 15.9. The van der Waals surface area contributed by atoms with Gasteiger partial charge in [0.25, 0.3) is 0 Å². The van der Waals surface area contributed by atoms with Crippen molar-refractivity contribution in [2.24, 2.45) is 0 Å². The number of nitrogens with two attached hydrogens (primary N) is 1. The molecule has 4 nitrogen and oxygen atoms in total. The maximum absolute atomic E-state index is 12.0. The fourth-order valence-corrected chi connectivity index (χ4v) is 2.38. The number of amides is 1. The number of carbonyl (C=O) groups excluding carboxylic acids is 1. The Hall–Kier alpha value is -1.71. The van der Waals surface area contributed by atoms with Gasteiger partial charge < -0.3 is 15.5 Å². The van der Waals surface area contributed by atoms with Crippen molar-refractivity contribution in [2.75, 3.05) is 30.8 Å². The van der Waals surface area contributed by atoms with Crippen LogP contribution in [0.25, 0.3) is 0 Å². The predicted molar refractivity (Wildman–Crippen MR) is 69.9 cm³/mol. The van der Waals surface area contributed by atoms with Crippen molar-refractivity contribution in [1.29, 1.82) is 0 Å². The summed E-state index contributed by atoms with van der Waals surface area (Å²) in [6, 6.07) is 7.68. The van der Waals surface area contributed by atoms with Crippen LogP contribution in [-0.4, -0.2) is 37.0 Å². The van der Waals surface area contributed by atoms with Gasteiger partial charge in [-0.1, -0.05) is 6.07 Å². The minimum Gasteiger partial charge on any atom is -0.399 e. The van der Waals surface area contributed by atoms with Crippen LogP contribution in [0.1, 0.15) is 13.3 Å². The Kier molecular flexibility index (Phi) is 3.22. The summed E-state index contributed by atoms with van der Waals surface area (Å²) in [6.07, 6.45) is 0.887. The molecule has 1 amide bonds. The van der Waals surface area contributed by atoms with Crippen molar-refractivity contribution in [3.05, 3.63) is 24.3 Å². The first-order valence-electron chi connectivity index (χ1n) is 6.00. The molecule has 1 aromatic carbocycles. The first-order chi connectivity index (χ1) is 8.13. The number of carbonyl (C=O) groups is 1. The minimum absolute atomic E-state index is 0.0354. The highest BCUT2D eigenvalue weighted by molar-refractivity contribution is 5.87. The van der Waals surface area contributed by atoms with Crippen LogP contribution in [0.4, 0.5) is 11.4 Å². The van der Waals surface area contributed by atoms with E-state index < -0.39 is 0 Å². The molecule has 0 radical (unpaired) electrons. The molecule has 0 bridgehead atoms. The van der Waals surface area contributed by atoms with Gasteiger partial charge in [-0.3, -0.25) is 4.79 Å². The molecular weight excluding hydrogens is 214 g/mol. The van der Waals surface area contributed by atoms with Crippen LogP contribution in [0.3, 0.4) is 0 Å². The second-order valence-electron chi connectivity index (χ2n) is 4.45. The lowest BCUT2D eigenvalue weighted by Gasteiger charge is -2.28. The van der Waals surface area contributed by atoms with Gasteiger partial charge in [0.05, 0.1) is 0 Å². The van der Waals surface area contributed by atoms with E-state index in [2.05, 4.69) is 11.8 Å². The van der Waals surface area contributed by atoms with Crippen molar-refractivity contribution in [3.63, 3.8) is 0 Å². The molecule has 0 spiro atoms. The lowest BCUT2D eigenvalue weighted by molar-refractivity contribution is -0.127. The first kappa shape index (κ1) is 11.8. The predicted octanol–water partition coefficient (Wildman–Crippen LogP) is 1.33. The van der Waals surface area contributed by atoms with Crippen molar-refractivity contribution >= 4 is 17.3 Å². The molecule has 1 atom stereocenters. The van der Waals surface area contributed by atoms with E-state index in [9.17, 15) is 4.79 Å². The van der Waals surface area contributed by atoms with Crippen LogP contribution < -0.4 is 10.6 Å². The molecule has 0 aliphatic carbocycles. The number of nitrogens with zero attached hydrogens (tertiary/aromatic N) is 2. The van der Waals surface area contributed by atoms with Crippen LogP contribution in [0.2, 0.25) is 0 Å². The Bertz CT molecular complexity index is 419. The molecule has 1 fully saturated rings. The normalized spacial score (nSPS) is 19.8. The highest BCUT2D eigenvalue weighted by atomic mass is 16.2. The highest BCUT2D eigenvalue weighted by Gasteiger charge is 2.33. The van der Waals surface area contributed by atoms with Gasteiger partial charge in [0.2, 0.25) is 5.91 Å². The van der Waals surface area contributed by atoms with E-state index in [1.807, 2.05) is 31.3 Å². The van der Waals surface area contributed by atoms with Gasteiger partial charge in [0, 0.05) is 31.5 Å². The second-order valence-corrected chi connectivity index (χ2v) is 4.45. The van der Waals surface area contributed by atoms with Crippen LogP contribution >= 0.6 is 0 Å². The smallest absolute Gasteiger partial charge is 0.245 e. The van der Waals surface area contributed by atoms with E-state index in [0.29, 0.717) is 0 Å². The van der Waals surface area contributed by atoms with E-state index in [0.717, 1.165) is 30.9 Å². The number of nitrogen functional groups attached to an aromatic ring is 1. The molecule has 4 heteroatoms. The highest BCUT2D eigenvalue weighted by Crippen LogP contribution is 2.24. The van der Waals surface area contributed by atoms with Crippen LogP contribution in [0, 0.1) is 0 Å². The Morgan fingerprint density at radius 2 is 2.29 bits per heavy atom. The summed E-state index contributed by atoms with van der Waals surface area (Å²) in [5.74, 6) is 0.203. The van der Waals surface area contributed by atoms with Crippen molar-refractivity contribution in [1.82, 2.24) is 4.90 Å². The van der Waals surface area contributed by atoms with Crippen molar-refractivity contribution in [3.8, 4) is 0 Å². The van der Waals surface area contributed by atoms with Gasteiger partial charge in [0.15, 0.2) is 0 Å². The fraction of sp³-hybridized carbons (Fsp3) is 0.462. The van der Waals surface area contributed by atoms with E-state index in [1.54, 1.807) is 4.90 Å². The number of likely N-dealkylation sites (tertiary alicyclic amines) is 1.